The van der Waals surface area contributed by atoms with Gasteiger partial charge in [-0.2, -0.15) is 0 Å². The topological polar surface area (TPSA) is 126 Å². The lowest BCUT2D eigenvalue weighted by molar-refractivity contribution is -0.118. The summed E-state index contributed by atoms with van der Waals surface area (Å²) in [6.45, 7) is 11.4. The summed E-state index contributed by atoms with van der Waals surface area (Å²) in [5.41, 5.74) is 4.30. The molecule has 0 aromatic carbocycles. The van der Waals surface area contributed by atoms with Crippen LogP contribution in [-0.2, 0) is 16.0 Å². The normalized spacial score (nSPS) is 21.1. The Bertz CT molecular complexity index is 1640. The van der Waals surface area contributed by atoms with Gasteiger partial charge in [0.15, 0.2) is 0 Å². The van der Waals surface area contributed by atoms with Gasteiger partial charge in [-0.05, 0) is 63.1 Å². The Morgan fingerprint density at radius 3 is 2.63 bits per heavy atom. The molecule has 2 atom stereocenters. The fraction of sp³-hybridized carbons (Fsp3) is 0.469. The summed E-state index contributed by atoms with van der Waals surface area (Å²) in [7, 11) is 0. The molecule has 43 heavy (non-hydrogen) atoms. The summed E-state index contributed by atoms with van der Waals surface area (Å²) in [5.74, 6) is 0.0622. The minimum Gasteiger partial charge on any atom is -0.379 e. The highest BCUT2D eigenvalue weighted by molar-refractivity contribution is 7.21. The molecule has 3 aliphatic rings. The lowest BCUT2D eigenvalue weighted by Gasteiger charge is -2.35. The summed E-state index contributed by atoms with van der Waals surface area (Å²) in [6.07, 6.45) is 8.68. The van der Waals surface area contributed by atoms with Gasteiger partial charge < -0.3 is 20.7 Å². The highest BCUT2D eigenvalue weighted by Gasteiger charge is 2.36. The van der Waals surface area contributed by atoms with Crippen molar-refractivity contribution in [2.24, 2.45) is 11.3 Å². The zero-order chi connectivity index (χ0) is 30.5. The lowest BCUT2D eigenvalue weighted by atomic mass is 9.86. The number of rotatable bonds is 8. The molecule has 11 heteroatoms. The molecule has 2 aliphatic heterocycles. The fourth-order valence-corrected chi connectivity index (χ4v) is 7.29. The van der Waals surface area contributed by atoms with Crippen molar-refractivity contribution < 1.29 is 19.1 Å². The van der Waals surface area contributed by atoms with Gasteiger partial charge in [0.2, 0.25) is 5.91 Å². The molecule has 1 saturated heterocycles. The molecular formula is C32H38N6O4S. The molecule has 3 aromatic heterocycles. The summed E-state index contributed by atoms with van der Waals surface area (Å²) in [5, 5.41) is 9.97. The van der Waals surface area contributed by atoms with E-state index in [0.717, 1.165) is 42.3 Å². The first-order valence-corrected chi connectivity index (χ1v) is 15.7. The number of aromatic nitrogens is 2. The summed E-state index contributed by atoms with van der Waals surface area (Å²) in [6, 6.07) is 3.08. The molecule has 10 nitrogen and oxygen atoms in total. The molecule has 1 aliphatic carbocycles. The van der Waals surface area contributed by atoms with E-state index in [1.807, 2.05) is 26.0 Å². The molecule has 0 bridgehead atoms. The van der Waals surface area contributed by atoms with Crippen LogP contribution in [0.15, 0.2) is 36.2 Å². The van der Waals surface area contributed by atoms with Crippen LogP contribution in [0.3, 0.4) is 0 Å². The monoisotopic (exact) mass is 602 g/mol. The quantitative estimate of drug-likeness (QED) is 0.287. The average molecular weight is 603 g/mol. The molecule has 4 amide bonds. The van der Waals surface area contributed by atoms with Crippen LogP contribution in [0, 0.1) is 18.3 Å². The average Bonchev–Trinajstić information content (AvgIpc) is 3.53. The van der Waals surface area contributed by atoms with Crippen LogP contribution >= 0.6 is 11.3 Å². The first kappa shape index (κ1) is 29.3. The molecule has 3 aromatic rings. The van der Waals surface area contributed by atoms with Crippen LogP contribution in [0.1, 0.15) is 67.9 Å². The SMILES string of the molecule is C/C(=C\C1(C)COC1)C(=O)N[C@H]1CCC[C@H]1NC(=O)c1sc2nccc3c2c1NC(=O)N3c1cnc(CC(C)C)cc1C. The van der Waals surface area contributed by atoms with Gasteiger partial charge in [-0.15, -0.1) is 11.3 Å². The van der Waals surface area contributed by atoms with Gasteiger partial charge in [0, 0.05) is 35.0 Å². The molecule has 6 rings (SSSR count). The standard InChI is InChI=1S/C32H38N6O4S/c1-17(2)11-20-12-18(3)24(14-34-20)38-23-9-10-33-30-25(23)26(37-31(38)41)27(43-30)29(40)36-22-8-6-7-21(22)35-28(39)19(4)13-32(5)15-42-16-32/h9-10,12-14,17,21-22H,6-8,11,15-16H2,1-5H3,(H,35,39)(H,36,40)(H,37,41)/b19-13+/t21-,22+/m0/s1. The number of ether oxygens (including phenoxy) is 1. The molecule has 1 saturated carbocycles. The van der Waals surface area contributed by atoms with E-state index in [1.165, 1.54) is 11.3 Å². The maximum absolute atomic E-state index is 13.7. The molecule has 0 radical (unpaired) electrons. The number of nitrogens with one attached hydrogen (secondary N) is 3. The molecular weight excluding hydrogens is 564 g/mol. The zero-order valence-electron chi connectivity index (χ0n) is 25.2. The minimum atomic E-state index is -0.354. The predicted molar refractivity (Wildman–Crippen MR) is 168 cm³/mol. The van der Waals surface area contributed by atoms with E-state index in [-0.39, 0.29) is 35.3 Å². The first-order chi connectivity index (χ1) is 20.5. The van der Waals surface area contributed by atoms with Gasteiger partial charge in [-0.3, -0.25) is 19.5 Å². The van der Waals surface area contributed by atoms with Crippen molar-refractivity contribution in [3.05, 3.63) is 52.3 Å². The molecule has 226 valence electrons. The number of aryl methyl sites for hydroxylation is 1. The number of urea groups is 1. The van der Waals surface area contributed by atoms with Crippen molar-refractivity contribution in [1.29, 1.82) is 0 Å². The molecule has 2 fully saturated rings. The number of pyridine rings is 2. The summed E-state index contributed by atoms with van der Waals surface area (Å²) < 4.78 is 5.30. The Balaban J connectivity index is 1.23. The molecule has 3 N–H and O–H groups in total. The second-order valence-electron chi connectivity index (χ2n) is 12.7. The third kappa shape index (κ3) is 5.63. The van der Waals surface area contributed by atoms with E-state index in [1.54, 1.807) is 23.4 Å². The van der Waals surface area contributed by atoms with Crippen molar-refractivity contribution in [1.82, 2.24) is 20.6 Å². The van der Waals surface area contributed by atoms with Crippen LogP contribution in [0.2, 0.25) is 0 Å². The van der Waals surface area contributed by atoms with Gasteiger partial charge in [0.05, 0.1) is 41.9 Å². The van der Waals surface area contributed by atoms with E-state index in [9.17, 15) is 14.4 Å². The number of amides is 4. The van der Waals surface area contributed by atoms with E-state index >= 15 is 0 Å². The van der Waals surface area contributed by atoms with Gasteiger partial charge in [0.1, 0.15) is 9.71 Å². The molecule has 5 heterocycles. The number of hydrogen-bond donors (Lipinski definition) is 3. The number of hydrogen-bond acceptors (Lipinski definition) is 7. The largest absolute Gasteiger partial charge is 0.379 e. The summed E-state index contributed by atoms with van der Waals surface area (Å²) >= 11 is 1.25. The zero-order valence-corrected chi connectivity index (χ0v) is 26.1. The number of thiophene rings is 1. The van der Waals surface area contributed by atoms with E-state index in [0.29, 0.717) is 51.5 Å². The second kappa shape index (κ2) is 11.3. The third-order valence-corrected chi connectivity index (χ3v) is 9.48. The minimum absolute atomic E-state index is 0.105. The highest BCUT2D eigenvalue weighted by atomic mass is 32.1. The predicted octanol–water partition coefficient (Wildman–Crippen LogP) is 5.63. The maximum Gasteiger partial charge on any atom is 0.331 e. The molecule has 0 unspecified atom stereocenters. The molecule has 0 spiro atoms. The Kier molecular flexibility index (Phi) is 7.72. The summed E-state index contributed by atoms with van der Waals surface area (Å²) in [4.78, 5) is 52.0. The van der Waals surface area contributed by atoms with Crippen LogP contribution in [0.4, 0.5) is 21.9 Å². The van der Waals surface area contributed by atoms with Crippen molar-refractivity contribution >= 4 is 56.5 Å². The van der Waals surface area contributed by atoms with Gasteiger partial charge >= 0.3 is 6.03 Å². The van der Waals surface area contributed by atoms with Gasteiger partial charge in [0.25, 0.3) is 5.91 Å². The highest BCUT2D eigenvalue weighted by Crippen LogP contribution is 2.46. The van der Waals surface area contributed by atoms with Gasteiger partial charge in [-0.1, -0.05) is 26.8 Å². The van der Waals surface area contributed by atoms with E-state index in [2.05, 4.69) is 46.7 Å². The van der Waals surface area contributed by atoms with Crippen LogP contribution < -0.4 is 20.9 Å². The lowest BCUT2D eigenvalue weighted by Crippen LogP contribution is -2.49. The third-order valence-electron chi connectivity index (χ3n) is 8.39. The van der Waals surface area contributed by atoms with E-state index < -0.39 is 0 Å². The number of carbonyl (C=O) groups is 3. The van der Waals surface area contributed by atoms with Crippen LogP contribution in [0.25, 0.3) is 10.2 Å². The van der Waals surface area contributed by atoms with E-state index in [4.69, 9.17) is 4.74 Å². The first-order valence-electron chi connectivity index (χ1n) is 14.9. The Morgan fingerprint density at radius 2 is 1.95 bits per heavy atom. The van der Waals surface area contributed by atoms with Crippen molar-refractivity contribution in [3.8, 4) is 0 Å². The van der Waals surface area contributed by atoms with Crippen molar-refractivity contribution in [2.75, 3.05) is 23.4 Å². The smallest absolute Gasteiger partial charge is 0.331 e. The maximum atomic E-state index is 13.7. The fourth-order valence-electron chi connectivity index (χ4n) is 6.27. The van der Waals surface area contributed by atoms with Crippen LogP contribution in [0.5, 0.6) is 0 Å². The Morgan fingerprint density at radius 1 is 1.21 bits per heavy atom. The van der Waals surface area contributed by atoms with Crippen molar-refractivity contribution in [3.63, 3.8) is 0 Å². The Labute approximate surface area is 255 Å². The number of anilines is 3. The van der Waals surface area contributed by atoms with Crippen LogP contribution in [-0.4, -0.2) is 53.1 Å². The number of carbonyl (C=O) groups excluding carboxylic acids is 3. The van der Waals surface area contributed by atoms with Crippen molar-refractivity contribution in [2.45, 2.75) is 72.4 Å². The second-order valence-corrected chi connectivity index (χ2v) is 13.7. The number of nitrogens with zero attached hydrogens (tertiary/aromatic N) is 3. The Hall–Kier alpha value is -3.83. The van der Waals surface area contributed by atoms with Gasteiger partial charge in [-0.25, -0.2) is 9.78 Å².